The van der Waals surface area contributed by atoms with E-state index in [0.29, 0.717) is 5.65 Å². The van der Waals surface area contributed by atoms with Crippen LogP contribution in [-0.4, -0.2) is 32.6 Å². The standard InChI is InChI=1S/C42H35N4O.C14H16NSi.Ir/c1-25(2)35-20-31(28-10-7-6-8-11-28)21-36(26(3)4)39(35)46-37-23-43-24-44-41(37)45-42(46)34-13-9-12-33-32-19-18-30(22-38(32)47-40(33)34)29-16-14-27(5)15-17-29;1-16(2,3)13-9-10-14(15-11-13)12-7-5-4-6-8-12;/h6-12,14-26H,1-5H3;4-7,9-11H,1-3H3;/q2*-1;. The Kier molecular flexibility index (Phi) is 12.8. The molecule has 321 valence electrons. The molecule has 0 atom stereocenters. The molecule has 0 spiro atoms. The van der Waals surface area contributed by atoms with Gasteiger partial charge in [-0.2, -0.15) is 0 Å². The van der Waals surface area contributed by atoms with Crippen molar-refractivity contribution in [3.63, 3.8) is 0 Å². The van der Waals surface area contributed by atoms with Crippen molar-refractivity contribution in [3.8, 4) is 50.6 Å². The van der Waals surface area contributed by atoms with Gasteiger partial charge >= 0.3 is 0 Å². The van der Waals surface area contributed by atoms with E-state index in [1.807, 2.05) is 42.7 Å². The average molecular weight is 1030 g/mol. The molecule has 10 aromatic rings. The van der Waals surface area contributed by atoms with E-state index in [4.69, 9.17) is 9.40 Å². The molecular weight excluding hydrogens is 979 g/mol. The Morgan fingerprint density at radius 3 is 2.00 bits per heavy atom. The molecular formula is C56H51IrN5OSi-2. The molecule has 0 unspecified atom stereocenters. The van der Waals surface area contributed by atoms with Crippen LogP contribution < -0.4 is 5.19 Å². The summed E-state index contributed by atoms with van der Waals surface area (Å²) in [5.74, 6) is 1.22. The molecule has 0 aliphatic rings. The Morgan fingerprint density at radius 2 is 1.34 bits per heavy atom. The van der Waals surface area contributed by atoms with Crippen molar-refractivity contribution in [3.05, 3.63) is 181 Å². The molecule has 1 radical (unpaired) electrons. The third-order valence-corrected chi connectivity index (χ3v) is 13.8. The number of nitrogens with zero attached hydrogens (tertiary/aromatic N) is 5. The summed E-state index contributed by atoms with van der Waals surface area (Å²) in [6.07, 6.45) is 5.44. The SMILES string of the molecule is C[Si](C)(C)c1ccc(-c2[c-]cccc2)nc1.Cc1ccc(-c2ccc3c(c2)oc2c(-c4nc5ncncc5n4-c4c(C(C)C)cc(-c5ccccc5)cc4C(C)C)[c-]ccc23)cc1.[Ir]. The van der Waals surface area contributed by atoms with Crippen molar-refractivity contribution in [1.29, 1.82) is 0 Å². The minimum Gasteiger partial charge on any atom is -0.501 e. The van der Waals surface area contributed by atoms with Gasteiger partial charge in [0.05, 0.1) is 25.7 Å². The Hall–Kier alpha value is -6.31. The topological polar surface area (TPSA) is 69.6 Å². The summed E-state index contributed by atoms with van der Waals surface area (Å²) in [4.78, 5) is 18.7. The number of fused-ring (bicyclic) bond motifs is 4. The Morgan fingerprint density at radius 1 is 0.641 bits per heavy atom. The largest absolute Gasteiger partial charge is 0.501 e. The maximum Gasteiger partial charge on any atom is 0.171 e. The molecule has 0 fully saturated rings. The van der Waals surface area contributed by atoms with Crippen LogP contribution in [0.2, 0.25) is 19.6 Å². The van der Waals surface area contributed by atoms with Crippen LogP contribution in [0.15, 0.2) is 157 Å². The predicted octanol–water partition coefficient (Wildman–Crippen LogP) is 14.2. The van der Waals surface area contributed by atoms with Crippen LogP contribution in [0.1, 0.15) is 56.2 Å². The van der Waals surface area contributed by atoms with Gasteiger partial charge in [-0.05, 0) is 81.2 Å². The molecule has 10 rings (SSSR count). The second-order valence-corrected chi connectivity index (χ2v) is 23.0. The molecule has 0 aliphatic carbocycles. The molecule has 4 aromatic heterocycles. The van der Waals surface area contributed by atoms with Gasteiger partial charge in [0.1, 0.15) is 17.4 Å². The molecule has 0 bridgehead atoms. The monoisotopic (exact) mass is 1030 g/mol. The van der Waals surface area contributed by atoms with Crippen molar-refractivity contribution < 1.29 is 24.5 Å². The summed E-state index contributed by atoms with van der Waals surface area (Å²) >= 11 is 0. The van der Waals surface area contributed by atoms with Gasteiger partial charge in [-0.1, -0.05) is 143 Å². The summed E-state index contributed by atoms with van der Waals surface area (Å²) in [5.41, 5.74) is 15.4. The number of imidazole rings is 1. The van der Waals surface area contributed by atoms with Crippen LogP contribution in [0.25, 0.3) is 83.7 Å². The van der Waals surface area contributed by atoms with Crippen molar-refractivity contribution >= 4 is 46.4 Å². The second-order valence-electron chi connectivity index (χ2n) is 17.9. The van der Waals surface area contributed by atoms with Gasteiger partial charge in [0.2, 0.25) is 0 Å². The molecule has 4 heterocycles. The van der Waals surface area contributed by atoms with Gasteiger partial charge in [-0.15, -0.1) is 54.1 Å². The first-order chi connectivity index (χ1) is 30.4. The molecule has 8 heteroatoms. The Balaban J connectivity index is 0.000000279. The molecule has 0 aliphatic heterocycles. The smallest absolute Gasteiger partial charge is 0.171 e. The quantitative estimate of drug-likeness (QED) is 0.112. The zero-order valence-corrected chi connectivity index (χ0v) is 41.0. The molecule has 64 heavy (non-hydrogen) atoms. The first-order valence-electron chi connectivity index (χ1n) is 21.7. The molecule has 0 saturated carbocycles. The van der Waals surface area contributed by atoms with E-state index in [0.717, 1.165) is 66.9 Å². The summed E-state index contributed by atoms with van der Waals surface area (Å²) < 4.78 is 8.96. The first-order valence-corrected chi connectivity index (χ1v) is 25.2. The number of aromatic nitrogens is 5. The number of benzene rings is 6. The third-order valence-electron chi connectivity index (χ3n) is 11.7. The van der Waals surface area contributed by atoms with Crippen molar-refractivity contribution in [2.45, 2.75) is 66.1 Å². The van der Waals surface area contributed by atoms with Crippen molar-refractivity contribution in [1.82, 2.24) is 24.5 Å². The zero-order valence-electron chi connectivity index (χ0n) is 37.6. The fourth-order valence-electron chi connectivity index (χ4n) is 8.22. The normalized spacial score (nSPS) is 11.6. The Bertz CT molecular complexity index is 3180. The van der Waals surface area contributed by atoms with E-state index >= 15 is 0 Å². The Labute approximate surface area is 390 Å². The van der Waals surface area contributed by atoms with E-state index in [-0.39, 0.29) is 31.9 Å². The molecule has 0 N–H and O–H groups in total. The van der Waals surface area contributed by atoms with Gasteiger partial charge in [0.15, 0.2) is 5.65 Å². The van der Waals surface area contributed by atoms with Gasteiger partial charge in [-0.25, -0.2) is 9.97 Å². The van der Waals surface area contributed by atoms with Crippen molar-refractivity contribution in [2.24, 2.45) is 0 Å². The molecule has 6 nitrogen and oxygen atoms in total. The van der Waals surface area contributed by atoms with E-state index in [1.165, 1.54) is 33.0 Å². The van der Waals surface area contributed by atoms with Crippen LogP contribution >= 0.6 is 0 Å². The van der Waals surface area contributed by atoms with Gasteiger partial charge in [-0.3, -0.25) is 4.98 Å². The molecule has 0 saturated heterocycles. The summed E-state index contributed by atoms with van der Waals surface area (Å²) in [6, 6.07) is 53.3. The average Bonchev–Trinajstić information content (AvgIpc) is 3.88. The number of pyridine rings is 1. The second kappa shape index (κ2) is 18.4. The third kappa shape index (κ3) is 8.78. The maximum atomic E-state index is 6.72. The van der Waals surface area contributed by atoms with E-state index in [9.17, 15) is 0 Å². The summed E-state index contributed by atoms with van der Waals surface area (Å²) in [7, 11) is -1.23. The van der Waals surface area contributed by atoms with Gasteiger partial charge < -0.3 is 14.0 Å². The minimum absolute atomic E-state index is 0. The number of hydrogen-bond donors (Lipinski definition) is 0. The molecule has 6 aromatic carbocycles. The van der Waals surface area contributed by atoms with E-state index in [2.05, 4.69) is 189 Å². The fraction of sp³-hybridized carbons (Fsp3) is 0.179. The number of hydrogen-bond acceptors (Lipinski definition) is 5. The summed E-state index contributed by atoms with van der Waals surface area (Å²) in [5, 5.41) is 3.49. The predicted molar refractivity (Wildman–Crippen MR) is 263 cm³/mol. The van der Waals surface area contributed by atoms with Crippen LogP contribution in [-0.2, 0) is 20.1 Å². The maximum absolute atomic E-state index is 6.72. The fourth-order valence-corrected chi connectivity index (χ4v) is 9.25. The number of rotatable bonds is 8. The van der Waals surface area contributed by atoms with Gasteiger partial charge in [0, 0.05) is 37.4 Å². The summed E-state index contributed by atoms with van der Waals surface area (Å²) in [6.45, 7) is 18.1. The first kappa shape index (κ1) is 44.3. The van der Waals surface area contributed by atoms with E-state index in [1.54, 1.807) is 6.33 Å². The molecule has 0 amide bonds. The van der Waals surface area contributed by atoms with Crippen LogP contribution in [0.4, 0.5) is 0 Å². The minimum atomic E-state index is -1.23. The van der Waals surface area contributed by atoms with Crippen molar-refractivity contribution in [2.75, 3.05) is 0 Å². The van der Waals surface area contributed by atoms with E-state index < -0.39 is 8.07 Å². The van der Waals surface area contributed by atoms with Crippen LogP contribution in [0.5, 0.6) is 0 Å². The zero-order chi connectivity index (χ0) is 43.8. The number of furan rings is 1. The number of aryl methyl sites for hydroxylation is 1. The van der Waals surface area contributed by atoms with Crippen LogP contribution in [0, 0.1) is 19.1 Å². The van der Waals surface area contributed by atoms with Crippen LogP contribution in [0.3, 0.4) is 0 Å². The van der Waals surface area contributed by atoms with Gasteiger partial charge in [0.25, 0.3) is 0 Å².